The number of benzene rings is 2. The Morgan fingerprint density at radius 1 is 1.12 bits per heavy atom. The number of anilines is 2. The van der Waals surface area contributed by atoms with E-state index in [2.05, 4.69) is 20.2 Å². The van der Waals surface area contributed by atoms with Gasteiger partial charge in [-0.15, -0.1) is 0 Å². The topological polar surface area (TPSA) is 92.9 Å². The van der Waals surface area contributed by atoms with Gasteiger partial charge in [-0.05, 0) is 50.2 Å². The summed E-state index contributed by atoms with van der Waals surface area (Å²) in [5.74, 6) is 1.76. The Kier molecular flexibility index (Phi) is 5.79. The van der Waals surface area contributed by atoms with Crippen LogP contribution in [0, 0.1) is 0 Å². The van der Waals surface area contributed by atoms with Crippen LogP contribution < -0.4 is 14.8 Å². The van der Waals surface area contributed by atoms with Gasteiger partial charge >= 0.3 is 0 Å². The second-order valence-corrected chi connectivity index (χ2v) is 7.98. The lowest BCUT2D eigenvalue weighted by atomic mass is 10.2. The molecule has 0 radical (unpaired) electrons. The van der Waals surface area contributed by atoms with Crippen molar-refractivity contribution in [3.63, 3.8) is 0 Å². The minimum atomic E-state index is -0.563. The molecule has 5 rings (SSSR count). The summed E-state index contributed by atoms with van der Waals surface area (Å²) in [7, 11) is 1.60. The van der Waals surface area contributed by atoms with Gasteiger partial charge < -0.3 is 29.2 Å². The highest BCUT2D eigenvalue weighted by Gasteiger charge is 2.18. The molecule has 1 aliphatic heterocycles. The Balaban J connectivity index is 1.39. The average molecular weight is 434 g/mol. The molecule has 1 saturated heterocycles. The predicted octanol–water partition coefficient (Wildman–Crippen LogP) is 3.96. The van der Waals surface area contributed by atoms with Crippen molar-refractivity contribution in [1.29, 1.82) is 0 Å². The summed E-state index contributed by atoms with van der Waals surface area (Å²) >= 11 is 0. The highest BCUT2D eigenvalue weighted by Crippen LogP contribution is 2.36. The maximum absolute atomic E-state index is 10.4. The highest BCUT2D eigenvalue weighted by atomic mass is 16.5. The molecule has 0 aliphatic carbocycles. The number of nitrogens with one attached hydrogen (secondary N) is 1. The number of aromatic nitrogens is 2. The molecule has 1 fully saturated rings. The normalized spacial score (nSPS) is 15.3. The van der Waals surface area contributed by atoms with Crippen LogP contribution in [0.2, 0.25) is 0 Å². The molecule has 2 aromatic carbocycles. The Morgan fingerprint density at radius 2 is 2.00 bits per heavy atom. The summed E-state index contributed by atoms with van der Waals surface area (Å²) in [6, 6.07) is 11.4. The number of aliphatic hydroxyl groups is 1. The van der Waals surface area contributed by atoms with Gasteiger partial charge in [0.2, 0.25) is 0 Å². The molecule has 0 bridgehead atoms. The van der Waals surface area contributed by atoms with Crippen LogP contribution in [-0.2, 0) is 0 Å². The number of rotatable bonds is 8. The summed E-state index contributed by atoms with van der Waals surface area (Å²) in [6.07, 6.45) is 5.00. The van der Waals surface area contributed by atoms with Crippen molar-refractivity contribution in [2.75, 3.05) is 38.7 Å². The van der Waals surface area contributed by atoms with Gasteiger partial charge in [-0.2, -0.15) is 0 Å². The van der Waals surface area contributed by atoms with Gasteiger partial charge in [-0.1, -0.05) is 6.07 Å². The number of likely N-dealkylation sites (tertiary alicyclic amines) is 1. The first-order valence-electron chi connectivity index (χ1n) is 10.8. The van der Waals surface area contributed by atoms with Crippen LogP contribution in [0.25, 0.3) is 21.9 Å². The van der Waals surface area contributed by atoms with Crippen molar-refractivity contribution < 1.29 is 19.0 Å². The van der Waals surface area contributed by atoms with Crippen molar-refractivity contribution in [3.8, 4) is 11.5 Å². The molecule has 0 spiro atoms. The molecule has 8 nitrogen and oxygen atoms in total. The van der Waals surface area contributed by atoms with Crippen molar-refractivity contribution in [3.05, 3.63) is 49.0 Å². The average Bonchev–Trinajstić information content (AvgIpc) is 3.50. The quantitative estimate of drug-likeness (QED) is 0.430. The second-order valence-electron chi connectivity index (χ2n) is 7.98. The van der Waals surface area contributed by atoms with E-state index < -0.39 is 6.10 Å². The maximum Gasteiger partial charge on any atom is 0.163 e. The predicted molar refractivity (Wildman–Crippen MR) is 123 cm³/mol. The van der Waals surface area contributed by atoms with Crippen molar-refractivity contribution in [1.82, 2.24) is 14.9 Å². The molecule has 3 heterocycles. The van der Waals surface area contributed by atoms with E-state index >= 15 is 0 Å². The van der Waals surface area contributed by atoms with Crippen molar-refractivity contribution in [2.45, 2.75) is 18.9 Å². The molecule has 2 N–H and O–H groups in total. The molecule has 4 aromatic rings. The second kappa shape index (κ2) is 9.02. The first kappa shape index (κ1) is 20.5. The van der Waals surface area contributed by atoms with Gasteiger partial charge in [0.1, 0.15) is 30.4 Å². The summed E-state index contributed by atoms with van der Waals surface area (Å²) in [4.78, 5) is 11.1. The summed E-state index contributed by atoms with van der Waals surface area (Å²) in [5.41, 5.74) is 2.40. The lowest BCUT2D eigenvalue weighted by molar-refractivity contribution is 0.0747. The molecule has 1 aliphatic rings. The van der Waals surface area contributed by atoms with E-state index in [1.54, 1.807) is 13.4 Å². The number of nitrogens with zero attached hydrogens (tertiary/aromatic N) is 3. The number of ether oxygens (including phenoxy) is 2. The first-order valence-corrected chi connectivity index (χ1v) is 10.8. The van der Waals surface area contributed by atoms with E-state index in [4.69, 9.17) is 13.9 Å². The molecule has 8 heteroatoms. The van der Waals surface area contributed by atoms with Crippen LogP contribution in [0.5, 0.6) is 11.5 Å². The SMILES string of the molecule is COc1cc2c(Nc3cccc4occc34)ncnc2cc1OCC(O)CN1CCCC1. The molecule has 1 unspecified atom stereocenters. The third-order valence-electron chi connectivity index (χ3n) is 5.77. The zero-order chi connectivity index (χ0) is 21.9. The summed E-state index contributed by atoms with van der Waals surface area (Å²) in [6.45, 7) is 2.88. The Labute approximate surface area is 185 Å². The number of furan rings is 1. The Morgan fingerprint density at radius 3 is 2.84 bits per heavy atom. The van der Waals surface area contributed by atoms with E-state index in [9.17, 15) is 5.11 Å². The van der Waals surface area contributed by atoms with Gasteiger partial charge in [0.25, 0.3) is 0 Å². The monoisotopic (exact) mass is 434 g/mol. The van der Waals surface area contributed by atoms with E-state index in [0.717, 1.165) is 35.1 Å². The van der Waals surface area contributed by atoms with E-state index in [-0.39, 0.29) is 6.61 Å². The van der Waals surface area contributed by atoms with E-state index in [1.165, 1.54) is 19.2 Å². The number of methoxy groups -OCH3 is 1. The van der Waals surface area contributed by atoms with Crippen LogP contribution in [0.15, 0.2) is 53.4 Å². The van der Waals surface area contributed by atoms with Gasteiger partial charge in [0.05, 0.1) is 24.6 Å². The fourth-order valence-electron chi connectivity index (χ4n) is 4.17. The number of hydrogen-bond acceptors (Lipinski definition) is 8. The summed E-state index contributed by atoms with van der Waals surface area (Å²) < 4.78 is 17.0. The number of β-amino-alcohol motifs (C(OH)–C–C–N with tert-alkyl or cyclic N) is 1. The van der Waals surface area contributed by atoms with Crippen LogP contribution in [-0.4, -0.2) is 59.4 Å². The molecule has 0 saturated carbocycles. The van der Waals surface area contributed by atoms with Gasteiger partial charge in [0, 0.05) is 23.4 Å². The fraction of sp³-hybridized carbons (Fsp3) is 0.333. The van der Waals surface area contributed by atoms with Crippen LogP contribution in [0.4, 0.5) is 11.5 Å². The van der Waals surface area contributed by atoms with Crippen molar-refractivity contribution in [2.24, 2.45) is 0 Å². The molecule has 32 heavy (non-hydrogen) atoms. The minimum Gasteiger partial charge on any atom is -0.493 e. The Hall–Kier alpha value is -3.36. The molecular weight excluding hydrogens is 408 g/mol. The lowest BCUT2D eigenvalue weighted by Gasteiger charge is -2.20. The van der Waals surface area contributed by atoms with E-state index in [1.807, 2.05) is 36.4 Å². The van der Waals surface area contributed by atoms with Gasteiger partial charge in [0.15, 0.2) is 11.5 Å². The van der Waals surface area contributed by atoms with Gasteiger partial charge in [-0.3, -0.25) is 0 Å². The number of hydrogen-bond donors (Lipinski definition) is 2. The Bertz CT molecular complexity index is 1220. The third kappa shape index (κ3) is 4.19. The van der Waals surface area contributed by atoms with Crippen molar-refractivity contribution >= 4 is 33.4 Å². The molecular formula is C24H26N4O4. The number of aliphatic hydroxyl groups excluding tert-OH is 1. The van der Waals surface area contributed by atoms with E-state index in [0.29, 0.717) is 29.4 Å². The van der Waals surface area contributed by atoms with Gasteiger partial charge in [-0.25, -0.2) is 9.97 Å². The van der Waals surface area contributed by atoms with Crippen LogP contribution >= 0.6 is 0 Å². The molecule has 0 amide bonds. The fourth-order valence-corrected chi connectivity index (χ4v) is 4.17. The first-order chi connectivity index (χ1) is 15.7. The molecule has 2 aromatic heterocycles. The largest absolute Gasteiger partial charge is 0.493 e. The maximum atomic E-state index is 10.4. The smallest absolute Gasteiger partial charge is 0.163 e. The molecule has 166 valence electrons. The zero-order valence-corrected chi connectivity index (χ0v) is 18.0. The lowest BCUT2D eigenvalue weighted by Crippen LogP contribution is -2.33. The number of fused-ring (bicyclic) bond motifs is 2. The summed E-state index contributed by atoms with van der Waals surface area (Å²) in [5, 5.41) is 15.5. The third-order valence-corrected chi connectivity index (χ3v) is 5.77. The van der Waals surface area contributed by atoms with Crippen LogP contribution in [0.3, 0.4) is 0 Å². The standard InChI is InChI=1S/C24H26N4O4/c1-30-22-11-18-20(12-23(22)32-14-16(29)13-28-8-2-3-9-28)25-15-26-24(18)27-19-5-4-6-21-17(19)7-10-31-21/h4-7,10-12,15-16,29H,2-3,8-9,13-14H2,1H3,(H,25,26,27). The molecule has 1 atom stereocenters. The van der Waals surface area contributed by atoms with Crippen LogP contribution in [0.1, 0.15) is 12.8 Å². The minimum absolute atomic E-state index is 0.192. The zero-order valence-electron chi connectivity index (χ0n) is 18.0. The highest BCUT2D eigenvalue weighted by molar-refractivity contribution is 5.97.